The van der Waals surface area contributed by atoms with E-state index in [4.69, 9.17) is 0 Å². The largest absolute Gasteiger partial charge is 0.235 e. The molecular weight excluding hydrogens is 249 g/mol. The van der Waals surface area contributed by atoms with Gasteiger partial charge < -0.3 is 0 Å². The van der Waals surface area contributed by atoms with Crippen molar-refractivity contribution in [2.24, 2.45) is 4.99 Å². The predicted octanol–water partition coefficient (Wildman–Crippen LogP) is 3.04. The van der Waals surface area contributed by atoms with Gasteiger partial charge >= 0.3 is 0 Å². The molecule has 1 aromatic rings. The average Bonchev–Trinajstić information content (AvgIpc) is 2.15. The summed E-state index contributed by atoms with van der Waals surface area (Å²) in [7, 11) is 0. The summed E-state index contributed by atoms with van der Waals surface area (Å²) >= 11 is 3.11. The highest BCUT2D eigenvalue weighted by atomic mass is 79.9. The van der Waals surface area contributed by atoms with Crippen LogP contribution in [0.1, 0.15) is 16.7 Å². The number of rotatable bonds is 2. The monoisotopic (exact) mass is 257 g/mol. The Morgan fingerprint density at radius 1 is 1.57 bits per heavy atom. The molecule has 1 rings (SSSR count). The fourth-order valence-corrected chi connectivity index (χ4v) is 1.79. The first-order chi connectivity index (χ1) is 6.57. The highest BCUT2D eigenvalue weighted by Crippen LogP contribution is 2.25. The molecule has 0 amide bonds. The van der Waals surface area contributed by atoms with Crippen LogP contribution >= 0.6 is 15.9 Å². The van der Waals surface area contributed by atoms with Crippen molar-refractivity contribution in [1.82, 2.24) is 0 Å². The SMILES string of the molecule is Cc1cc(Br)c(F)c(CN=C=O)c1C. The van der Waals surface area contributed by atoms with Crippen molar-refractivity contribution in [1.29, 1.82) is 0 Å². The maximum Gasteiger partial charge on any atom is 0.235 e. The zero-order chi connectivity index (χ0) is 10.7. The summed E-state index contributed by atoms with van der Waals surface area (Å²) < 4.78 is 13.9. The van der Waals surface area contributed by atoms with Crippen LogP contribution in [-0.2, 0) is 11.3 Å². The predicted molar refractivity (Wildman–Crippen MR) is 55.4 cm³/mol. The van der Waals surface area contributed by atoms with Gasteiger partial charge in [-0.05, 0) is 47.0 Å². The Kier molecular flexibility index (Phi) is 3.55. The van der Waals surface area contributed by atoms with Crippen molar-refractivity contribution in [3.8, 4) is 0 Å². The molecule has 74 valence electrons. The van der Waals surface area contributed by atoms with Gasteiger partial charge in [0.15, 0.2) is 0 Å². The van der Waals surface area contributed by atoms with Crippen LogP contribution in [0, 0.1) is 19.7 Å². The Labute approximate surface area is 90.0 Å². The van der Waals surface area contributed by atoms with Crippen molar-refractivity contribution in [2.45, 2.75) is 20.4 Å². The lowest BCUT2D eigenvalue weighted by Gasteiger charge is -2.08. The quantitative estimate of drug-likeness (QED) is 0.592. The van der Waals surface area contributed by atoms with Gasteiger partial charge in [0.25, 0.3) is 0 Å². The molecule has 0 N–H and O–H groups in total. The molecule has 0 bridgehead atoms. The minimum absolute atomic E-state index is 0.0431. The summed E-state index contributed by atoms with van der Waals surface area (Å²) in [5, 5.41) is 0. The molecule has 0 heterocycles. The first kappa shape index (κ1) is 11.1. The number of nitrogens with zero attached hydrogens (tertiary/aromatic N) is 1. The molecule has 0 aromatic heterocycles. The van der Waals surface area contributed by atoms with E-state index in [-0.39, 0.29) is 12.4 Å². The Bertz CT molecular complexity index is 385. The van der Waals surface area contributed by atoms with Crippen molar-refractivity contribution in [3.05, 3.63) is 33.0 Å². The first-order valence-corrected chi connectivity index (χ1v) is 4.85. The molecule has 0 unspecified atom stereocenters. The van der Waals surface area contributed by atoms with Crippen molar-refractivity contribution < 1.29 is 9.18 Å². The minimum Gasteiger partial charge on any atom is -0.211 e. The Morgan fingerprint density at radius 3 is 2.79 bits per heavy atom. The molecule has 4 heteroatoms. The molecule has 0 aliphatic heterocycles. The lowest BCUT2D eigenvalue weighted by molar-refractivity contribution is 0.561. The molecule has 1 aromatic carbocycles. The molecule has 0 atom stereocenters. The van der Waals surface area contributed by atoms with E-state index in [0.717, 1.165) is 11.1 Å². The van der Waals surface area contributed by atoms with E-state index in [9.17, 15) is 9.18 Å². The number of aliphatic imine (C=N–C) groups is 1. The average molecular weight is 258 g/mol. The van der Waals surface area contributed by atoms with E-state index >= 15 is 0 Å². The highest BCUT2D eigenvalue weighted by molar-refractivity contribution is 9.10. The summed E-state index contributed by atoms with van der Waals surface area (Å²) in [4.78, 5) is 13.3. The maximum absolute atomic E-state index is 13.5. The van der Waals surface area contributed by atoms with Gasteiger partial charge in [0.2, 0.25) is 6.08 Å². The number of aryl methyl sites for hydroxylation is 1. The van der Waals surface area contributed by atoms with E-state index < -0.39 is 0 Å². The lowest BCUT2D eigenvalue weighted by atomic mass is 10.0. The molecule has 0 aliphatic carbocycles. The second-order valence-corrected chi connectivity index (χ2v) is 3.85. The Hall–Kier alpha value is -0.990. The Morgan fingerprint density at radius 2 is 2.21 bits per heavy atom. The molecule has 0 radical (unpaired) electrons. The van der Waals surface area contributed by atoms with Crippen LogP contribution in [0.2, 0.25) is 0 Å². The van der Waals surface area contributed by atoms with E-state index in [1.807, 2.05) is 6.92 Å². The molecule has 0 fully saturated rings. The summed E-state index contributed by atoms with van der Waals surface area (Å²) in [6.07, 6.45) is 1.40. The smallest absolute Gasteiger partial charge is 0.211 e. The van der Waals surface area contributed by atoms with Crippen molar-refractivity contribution >= 4 is 22.0 Å². The number of hydrogen-bond acceptors (Lipinski definition) is 2. The third-order valence-corrected chi connectivity index (χ3v) is 2.74. The van der Waals surface area contributed by atoms with Gasteiger partial charge in [-0.25, -0.2) is 14.2 Å². The number of hydrogen-bond donors (Lipinski definition) is 0. The van der Waals surface area contributed by atoms with Crippen LogP contribution < -0.4 is 0 Å². The van der Waals surface area contributed by atoms with E-state index in [2.05, 4.69) is 20.9 Å². The number of benzene rings is 1. The van der Waals surface area contributed by atoms with Gasteiger partial charge in [-0.2, -0.15) is 0 Å². The lowest BCUT2D eigenvalue weighted by Crippen LogP contribution is -1.97. The van der Waals surface area contributed by atoms with Crippen LogP contribution in [0.4, 0.5) is 4.39 Å². The van der Waals surface area contributed by atoms with Crippen molar-refractivity contribution in [2.75, 3.05) is 0 Å². The first-order valence-electron chi connectivity index (χ1n) is 4.05. The van der Waals surface area contributed by atoms with Gasteiger partial charge in [-0.15, -0.1) is 0 Å². The maximum atomic E-state index is 13.5. The van der Waals surface area contributed by atoms with Gasteiger partial charge in [-0.3, -0.25) is 0 Å². The van der Waals surface area contributed by atoms with Gasteiger partial charge in [0.05, 0.1) is 11.0 Å². The molecular formula is C10H9BrFNO. The van der Waals surface area contributed by atoms with Crippen LogP contribution in [0.5, 0.6) is 0 Å². The molecule has 14 heavy (non-hydrogen) atoms. The van der Waals surface area contributed by atoms with E-state index in [1.54, 1.807) is 13.0 Å². The van der Waals surface area contributed by atoms with Crippen LogP contribution in [0.25, 0.3) is 0 Å². The zero-order valence-corrected chi connectivity index (χ0v) is 9.48. The third-order valence-electron chi connectivity index (χ3n) is 2.16. The van der Waals surface area contributed by atoms with Gasteiger partial charge in [0, 0.05) is 5.56 Å². The van der Waals surface area contributed by atoms with E-state index in [0.29, 0.717) is 10.0 Å². The topological polar surface area (TPSA) is 29.4 Å². The highest BCUT2D eigenvalue weighted by Gasteiger charge is 2.11. The molecule has 0 saturated carbocycles. The van der Waals surface area contributed by atoms with E-state index in [1.165, 1.54) is 6.08 Å². The molecule has 0 saturated heterocycles. The Balaban J connectivity index is 3.31. The summed E-state index contributed by atoms with van der Waals surface area (Å²) in [5.74, 6) is -0.355. The number of halogens is 2. The summed E-state index contributed by atoms with van der Waals surface area (Å²) in [6.45, 7) is 3.73. The molecule has 0 aliphatic rings. The summed E-state index contributed by atoms with van der Waals surface area (Å²) in [6, 6.07) is 1.71. The van der Waals surface area contributed by atoms with Gasteiger partial charge in [-0.1, -0.05) is 0 Å². The summed E-state index contributed by atoms with van der Waals surface area (Å²) in [5.41, 5.74) is 2.24. The standard InChI is InChI=1S/C10H9BrFNO/c1-6-3-9(11)10(12)8(7(6)2)4-13-5-14/h3H,4H2,1-2H3. The van der Waals surface area contributed by atoms with Crippen LogP contribution in [0.3, 0.4) is 0 Å². The molecule has 0 spiro atoms. The number of isocyanates is 1. The third kappa shape index (κ3) is 2.08. The van der Waals surface area contributed by atoms with Crippen LogP contribution in [0.15, 0.2) is 15.5 Å². The zero-order valence-electron chi connectivity index (χ0n) is 7.90. The molecule has 2 nitrogen and oxygen atoms in total. The van der Waals surface area contributed by atoms with Crippen molar-refractivity contribution in [3.63, 3.8) is 0 Å². The second-order valence-electron chi connectivity index (χ2n) is 3.00. The fourth-order valence-electron chi connectivity index (χ4n) is 1.21. The second kappa shape index (κ2) is 4.49. The fraction of sp³-hybridized carbons (Fsp3) is 0.300. The normalized spacial score (nSPS) is 9.71. The minimum atomic E-state index is -0.355. The van der Waals surface area contributed by atoms with Gasteiger partial charge in [0.1, 0.15) is 5.82 Å². The number of carbonyl (C=O) groups excluding carboxylic acids is 1. The van der Waals surface area contributed by atoms with Crippen LogP contribution in [-0.4, -0.2) is 6.08 Å².